The van der Waals surface area contributed by atoms with Crippen molar-refractivity contribution in [1.29, 1.82) is 0 Å². The molecule has 0 saturated carbocycles. The predicted molar refractivity (Wildman–Crippen MR) is 102 cm³/mol. The van der Waals surface area contributed by atoms with Crippen LogP contribution in [0, 0.1) is 10.1 Å². The van der Waals surface area contributed by atoms with Gasteiger partial charge in [-0.15, -0.1) is 0 Å². The summed E-state index contributed by atoms with van der Waals surface area (Å²) < 4.78 is 5.19. The highest BCUT2D eigenvalue weighted by Gasteiger charge is 2.26. The Hall–Kier alpha value is -2.93. The van der Waals surface area contributed by atoms with Crippen LogP contribution in [0.2, 0.25) is 0 Å². The van der Waals surface area contributed by atoms with Crippen LogP contribution in [0.4, 0.5) is 5.69 Å². The number of rotatable bonds is 5. The van der Waals surface area contributed by atoms with E-state index in [0.717, 1.165) is 18.7 Å². The highest BCUT2D eigenvalue weighted by atomic mass is 16.6. The van der Waals surface area contributed by atoms with E-state index in [2.05, 4.69) is 4.90 Å². The summed E-state index contributed by atoms with van der Waals surface area (Å²) in [5.41, 5.74) is 1.64. The number of hydrogen-bond acceptors (Lipinski definition) is 5. The number of nitro groups is 1. The molecule has 142 valence electrons. The van der Waals surface area contributed by atoms with Crippen LogP contribution in [0.15, 0.2) is 48.5 Å². The largest absolute Gasteiger partial charge is 0.497 e. The SMILES string of the molecule is COc1cccc(C(=O)N2CCN(C(C)c3cccc([N+](=O)[O-])c3)CC2)c1. The van der Waals surface area contributed by atoms with Gasteiger partial charge in [-0.3, -0.25) is 19.8 Å². The molecule has 0 bridgehead atoms. The standard InChI is InChI=1S/C20H23N3O4/c1-15(16-5-3-7-18(13-16)23(25)26)21-9-11-22(12-10-21)20(24)17-6-4-8-19(14-17)27-2/h3-8,13-15H,9-12H2,1-2H3. The molecule has 3 rings (SSSR count). The van der Waals surface area contributed by atoms with E-state index in [-0.39, 0.29) is 22.6 Å². The van der Waals surface area contributed by atoms with E-state index in [9.17, 15) is 14.9 Å². The molecule has 1 fully saturated rings. The van der Waals surface area contributed by atoms with E-state index in [1.165, 1.54) is 6.07 Å². The summed E-state index contributed by atoms with van der Waals surface area (Å²) in [5, 5.41) is 11.0. The number of methoxy groups -OCH3 is 1. The Morgan fingerprint density at radius 1 is 1.11 bits per heavy atom. The Balaban J connectivity index is 1.63. The maximum atomic E-state index is 12.7. The molecule has 0 aliphatic carbocycles. The lowest BCUT2D eigenvalue weighted by molar-refractivity contribution is -0.385. The van der Waals surface area contributed by atoms with Gasteiger partial charge in [0, 0.05) is 49.9 Å². The molecular formula is C20H23N3O4. The van der Waals surface area contributed by atoms with Gasteiger partial charge >= 0.3 is 0 Å². The van der Waals surface area contributed by atoms with E-state index in [4.69, 9.17) is 4.74 Å². The second kappa shape index (κ2) is 8.18. The predicted octanol–water partition coefficient (Wildman–Crippen LogP) is 3.12. The molecule has 27 heavy (non-hydrogen) atoms. The molecule has 7 nitrogen and oxygen atoms in total. The minimum atomic E-state index is -0.374. The molecule has 2 aromatic rings. The molecule has 7 heteroatoms. The van der Waals surface area contributed by atoms with Crippen molar-refractivity contribution in [3.63, 3.8) is 0 Å². The topological polar surface area (TPSA) is 75.9 Å². The van der Waals surface area contributed by atoms with Crippen LogP contribution in [0.3, 0.4) is 0 Å². The first-order valence-corrected chi connectivity index (χ1v) is 8.91. The molecule has 0 aromatic heterocycles. The number of nitrogens with zero attached hydrogens (tertiary/aromatic N) is 3. The van der Waals surface area contributed by atoms with E-state index >= 15 is 0 Å². The molecule has 1 aliphatic rings. The minimum Gasteiger partial charge on any atom is -0.497 e. The fraction of sp³-hybridized carbons (Fsp3) is 0.350. The molecule has 0 spiro atoms. The molecule has 0 radical (unpaired) electrons. The molecule has 1 atom stereocenters. The molecule has 0 N–H and O–H groups in total. The van der Waals surface area contributed by atoms with Gasteiger partial charge in [0.15, 0.2) is 0 Å². The van der Waals surface area contributed by atoms with Gasteiger partial charge in [-0.1, -0.05) is 18.2 Å². The molecule has 1 saturated heterocycles. The summed E-state index contributed by atoms with van der Waals surface area (Å²) >= 11 is 0. The fourth-order valence-electron chi connectivity index (χ4n) is 3.36. The van der Waals surface area contributed by atoms with Crippen molar-refractivity contribution in [2.45, 2.75) is 13.0 Å². The number of carbonyl (C=O) groups excluding carboxylic acids is 1. The van der Waals surface area contributed by atoms with E-state index < -0.39 is 0 Å². The number of benzene rings is 2. The first kappa shape index (κ1) is 18.8. The third-order valence-corrected chi connectivity index (χ3v) is 5.03. The van der Waals surface area contributed by atoms with Crippen molar-refractivity contribution in [3.8, 4) is 5.75 Å². The van der Waals surface area contributed by atoms with E-state index in [0.29, 0.717) is 24.4 Å². The number of hydrogen-bond donors (Lipinski definition) is 0. The lowest BCUT2D eigenvalue weighted by atomic mass is 10.0. The number of piperazine rings is 1. The number of carbonyl (C=O) groups is 1. The van der Waals surface area contributed by atoms with Crippen LogP contribution < -0.4 is 4.74 Å². The van der Waals surface area contributed by atoms with Gasteiger partial charge in [-0.25, -0.2) is 0 Å². The zero-order valence-corrected chi connectivity index (χ0v) is 15.5. The van der Waals surface area contributed by atoms with Crippen LogP contribution >= 0.6 is 0 Å². The maximum Gasteiger partial charge on any atom is 0.269 e. The highest BCUT2D eigenvalue weighted by molar-refractivity contribution is 5.94. The van der Waals surface area contributed by atoms with Gasteiger partial charge in [0.05, 0.1) is 12.0 Å². The minimum absolute atomic E-state index is 0.00319. The molecule has 2 aromatic carbocycles. The van der Waals surface area contributed by atoms with Gasteiger partial charge in [0.25, 0.3) is 11.6 Å². The van der Waals surface area contributed by atoms with Crippen molar-refractivity contribution in [2.75, 3.05) is 33.3 Å². The van der Waals surface area contributed by atoms with Crippen molar-refractivity contribution < 1.29 is 14.5 Å². The van der Waals surface area contributed by atoms with E-state index in [1.54, 1.807) is 31.4 Å². The second-order valence-corrected chi connectivity index (χ2v) is 6.59. The third-order valence-electron chi connectivity index (χ3n) is 5.03. The van der Waals surface area contributed by atoms with Gasteiger partial charge in [-0.05, 0) is 30.7 Å². The van der Waals surface area contributed by atoms with Crippen LogP contribution in [0.5, 0.6) is 5.75 Å². The van der Waals surface area contributed by atoms with Gasteiger partial charge < -0.3 is 9.64 Å². The number of amides is 1. The summed E-state index contributed by atoms with van der Waals surface area (Å²) in [6.07, 6.45) is 0. The average Bonchev–Trinajstić information content (AvgIpc) is 2.73. The lowest BCUT2D eigenvalue weighted by Crippen LogP contribution is -2.49. The van der Waals surface area contributed by atoms with Crippen LogP contribution in [0.1, 0.15) is 28.9 Å². The Morgan fingerprint density at radius 3 is 2.48 bits per heavy atom. The van der Waals surface area contributed by atoms with Crippen molar-refractivity contribution >= 4 is 11.6 Å². The highest BCUT2D eigenvalue weighted by Crippen LogP contribution is 2.25. The average molecular weight is 369 g/mol. The van der Waals surface area contributed by atoms with Gasteiger partial charge in [0.1, 0.15) is 5.75 Å². The summed E-state index contributed by atoms with van der Waals surface area (Å²) in [6, 6.07) is 14.0. The maximum absolute atomic E-state index is 12.7. The normalized spacial score (nSPS) is 16.0. The van der Waals surface area contributed by atoms with Crippen molar-refractivity contribution in [3.05, 3.63) is 69.8 Å². The Kier molecular flexibility index (Phi) is 5.71. The molecule has 1 unspecified atom stereocenters. The molecule has 1 aliphatic heterocycles. The Morgan fingerprint density at radius 2 is 1.81 bits per heavy atom. The summed E-state index contributed by atoms with van der Waals surface area (Å²) in [7, 11) is 1.58. The quantitative estimate of drug-likeness (QED) is 0.598. The monoisotopic (exact) mass is 369 g/mol. The lowest BCUT2D eigenvalue weighted by Gasteiger charge is -2.38. The van der Waals surface area contributed by atoms with Crippen LogP contribution in [-0.4, -0.2) is 53.9 Å². The molecular weight excluding hydrogens is 346 g/mol. The van der Waals surface area contributed by atoms with Crippen molar-refractivity contribution in [1.82, 2.24) is 9.80 Å². The van der Waals surface area contributed by atoms with Crippen LogP contribution in [-0.2, 0) is 0 Å². The van der Waals surface area contributed by atoms with Crippen LogP contribution in [0.25, 0.3) is 0 Å². The van der Waals surface area contributed by atoms with Crippen molar-refractivity contribution in [2.24, 2.45) is 0 Å². The summed E-state index contributed by atoms with van der Waals surface area (Å²) in [6.45, 7) is 4.72. The summed E-state index contributed by atoms with van der Waals surface area (Å²) in [4.78, 5) is 27.4. The zero-order chi connectivity index (χ0) is 19.4. The number of non-ortho nitro benzene ring substituents is 1. The third kappa shape index (κ3) is 4.25. The molecule has 1 amide bonds. The first-order chi connectivity index (χ1) is 13.0. The van der Waals surface area contributed by atoms with Gasteiger partial charge in [-0.2, -0.15) is 0 Å². The Labute approximate surface area is 158 Å². The molecule has 1 heterocycles. The zero-order valence-electron chi connectivity index (χ0n) is 15.5. The summed E-state index contributed by atoms with van der Waals surface area (Å²) in [5.74, 6) is 0.662. The van der Waals surface area contributed by atoms with Gasteiger partial charge in [0.2, 0.25) is 0 Å². The Bertz CT molecular complexity index is 831. The van der Waals surface area contributed by atoms with E-state index in [1.807, 2.05) is 30.0 Å². The number of nitro benzene ring substituents is 1. The number of ether oxygens (including phenoxy) is 1. The second-order valence-electron chi connectivity index (χ2n) is 6.59. The first-order valence-electron chi connectivity index (χ1n) is 8.91. The fourth-order valence-corrected chi connectivity index (χ4v) is 3.36. The smallest absolute Gasteiger partial charge is 0.269 e.